The Morgan fingerprint density at radius 3 is 2.71 bits per heavy atom. The standard InChI is InChI=1S/C12H26N2/c1-5-10(2)9-14(4)12-6-11(3)7-13-8-12/h10-13H,5-9H2,1-4H3. The minimum Gasteiger partial charge on any atom is -0.315 e. The molecule has 0 spiro atoms. The first-order valence-electron chi connectivity index (χ1n) is 6.04. The summed E-state index contributed by atoms with van der Waals surface area (Å²) in [4.78, 5) is 2.54. The second-order valence-corrected chi connectivity index (χ2v) is 5.11. The Morgan fingerprint density at radius 1 is 1.43 bits per heavy atom. The lowest BCUT2D eigenvalue weighted by molar-refractivity contribution is 0.157. The van der Waals surface area contributed by atoms with Gasteiger partial charge in [-0.05, 0) is 31.8 Å². The van der Waals surface area contributed by atoms with E-state index in [2.05, 4.69) is 38.0 Å². The van der Waals surface area contributed by atoms with E-state index in [1.165, 1.54) is 32.5 Å². The third-order valence-electron chi connectivity index (χ3n) is 3.47. The normalized spacial score (nSPS) is 30.6. The molecular formula is C12H26N2. The van der Waals surface area contributed by atoms with Gasteiger partial charge >= 0.3 is 0 Å². The van der Waals surface area contributed by atoms with Crippen molar-refractivity contribution in [3.8, 4) is 0 Å². The zero-order valence-electron chi connectivity index (χ0n) is 10.2. The predicted octanol–water partition coefficient (Wildman–Crippen LogP) is 1.96. The van der Waals surface area contributed by atoms with Gasteiger partial charge in [-0.2, -0.15) is 0 Å². The number of hydrogen-bond acceptors (Lipinski definition) is 2. The largest absolute Gasteiger partial charge is 0.315 e. The minimum absolute atomic E-state index is 0.757. The van der Waals surface area contributed by atoms with E-state index in [9.17, 15) is 0 Å². The van der Waals surface area contributed by atoms with Crippen LogP contribution < -0.4 is 5.32 Å². The van der Waals surface area contributed by atoms with E-state index >= 15 is 0 Å². The van der Waals surface area contributed by atoms with Crippen LogP contribution in [0.3, 0.4) is 0 Å². The van der Waals surface area contributed by atoms with E-state index in [-0.39, 0.29) is 0 Å². The molecule has 3 unspecified atom stereocenters. The van der Waals surface area contributed by atoms with E-state index in [0.29, 0.717) is 0 Å². The van der Waals surface area contributed by atoms with Gasteiger partial charge in [-0.1, -0.05) is 27.2 Å². The third-order valence-corrected chi connectivity index (χ3v) is 3.47. The molecule has 1 N–H and O–H groups in total. The van der Waals surface area contributed by atoms with Crippen LogP contribution in [0.5, 0.6) is 0 Å². The fourth-order valence-corrected chi connectivity index (χ4v) is 2.23. The number of likely N-dealkylation sites (N-methyl/N-ethyl adjacent to an activating group) is 1. The highest BCUT2D eigenvalue weighted by Crippen LogP contribution is 2.15. The Kier molecular flexibility index (Phi) is 4.90. The van der Waals surface area contributed by atoms with Crippen LogP contribution in [0.2, 0.25) is 0 Å². The molecular weight excluding hydrogens is 172 g/mol. The molecule has 1 fully saturated rings. The number of piperidine rings is 1. The Hall–Kier alpha value is -0.0800. The molecule has 2 heteroatoms. The monoisotopic (exact) mass is 198 g/mol. The van der Waals surface area contributed by atoms with Gasteiger partial charge in [-0.3, -0.25) is 0 Å². The zero-order valence-corrected chi connectivity index (χ0v) is 10.2. The van der Waals surface area contributed by atoms with Crippen LogP contribution >= 0.6 is 0 Å². The quantitative estimate of drug-likeness (QED) is 0.743. The topological polar surface area (TPSA) is 15.3 Å². The summed E-state index contributed by atoms with van der Waals surface area (Å²) in [5.41, 5.74) is 0. The Bertz CT molecular complexity index is 158. The van der Waals surface area contributed by atoms with Crippen molar-refractivity contribution in [1.29, 1.82) is 0 Å². The SMILES string of the molecule is CCC(C)CN(C)C1CNCC(C)C1. The summed E-state index contributed by atoms with van der Waals surface area (Å²) in [5.74, 6) is 1.67. The van der Waals surface area contributed by atoms with Crippen LogP contribution in [0.25, 0.3) is 0 Å². The van der Waals surface area contributed by atoms with Crippen molar-refractivity contribution >= 4 is 0 Å². The first-order chi connectivity index (χ1) is 6.63. The summed E-state index contributed by atoms with van der Waals surface area (Å²) in [6.45, 7) is 10.6. The first kappa shape index (κ1) is 12.0. The molecule has 14 heavy (non-hydrogen) atoms. The van der Waals surface area contributed by atoms with Gasteiger partial charge in [0.1, 0.15) is 0 Å². The Balaban J connectivity index is 2.31. The lowest BCUT2D eigenvalue weighted by Gasteiger charge is -2.35. The molecule has 0 bridgehead atoms. The lowest BCUT2D eigenvalue weighted by atomic mass is 9.96. The number of nitrogens with one attached hydrogen (secondary N) is 1. The van der Waals surface area contributed by atoms with Crippen molar-refractivity contribution in [1.82, 2.24) is 10.2 Å². The van der Waals surface area contributed by atoms with Crippen LogP contribution in [0.1, 0.15) is 33.6 Å². The molecule has 0 aliphatic carbocycles. The maximum Gasteiger partial charge on any atom is 0.0220 e. The van der Waals surface area contributed by atoms with E-state index in [1.807, 2.05) is 0 Å². The molecule has 0 radical (unpaired) electrons. The van der Waals surface area contributed by atoms with E-state index in [1.54, 1.807) is 0 Å². The van der Waals surface area contributed by atoms with Gasteiger partial charge < -0.3 is 10.2 Å². The van der Waals surface area contributed by atoms with Crippen LogP contribution in [0, 0.1) is 11.8 Å². The summed E-state index contributed by atoms with van der Waals surface area (Å²) in [6.07, 6.45) is 2.65. The summed E-state index contributed by atoms with van der Waals surface area (Å²) < 4.78 is 0. The van der Waals surface area contributed by atoms with Crippen LogP contribution in [0.4, 0.5) is 0 Å². The van der Waals surface area contributed by atoms with Gasteiger partial charge in [0.25, 0.3) is 0 Å². The fraction of sp³-hybridized carbons (Fsp3) is 1.00. The summed E-state index contributed by atoms with van der Waals surface area (Å²) in [6, 6.07) is 0.757. The highest BCUT2D eigenvalue weighted by molar-refractivity contribution is 4.80. The van der Waals surface area contributed by atoms with Gasteiger partial charge in [-0.25, -0.2) is 0 Å². The second kappa shape index (κ2) is 5.72. The van der Waals surface area contributed by atoms with E-state index in [4.69, 9.17) is 0 Å². The maximum atomic E-state index is 3.52. The molecule has 1 rings (SSSR count). The van der Waals surface area contributed by atoms with Crippen LogP contribution in [-0.4, -0.2) is 37.6 Å². The maximum absolute atomic E-state index is 3.52. The lowest BCUT2D eigenvalue weighted by Crippen LogP contribution is -2.48. The molecule has 3 atom stereocenters. The number of hydrogen-bond donors (Lipinski definition) is 1. The van der Waals surface area contributed by atoms with Crippen LogP contribution in [0.15, 0.2) is 0 Å². The molecule has 0 aromatic heterocycles. The molecule has 2 nitrogen and oxygen atoms in total. The molecule has 1 aliphatic rings. The highest BCUT2D eigenvalue weighted by atomic mass is 15.2. The average molecular weight is 198 g/mol. The average Bonchev–Trinajstić information content (AvgIpc) is 2.17. The third kappa shape index (κ3) is 3.58. The molecule has 1 aliphatic heterocycles. The number of nitrogens with zero attached hydrogens (tertiary/aromatic N) is 1. The van der Waals surface area contributed by atoms with Crippen LogP contribution in [-0.2, 0) is 0 Å². The van der Waals surface area contributed by atoms with Gasteiger partial charge in [0, 0.05) is 19.1 Å². The molecule has 84 valence electrons. The molecule has 0 aromatic carbocycles. The van der Waals surface area contributed by atoms with E-state index in [0.717, 1.165) is 17.9 Å². The van der Waals surface area contributed by atoms with Gasteiger partial charge in [0.15, 0.2) is 0 Å². The van der Waals surface area contributed by atoms with Crippen molar-refractivity contribution < 1.29 is 0 Å². The summed E-state index contributed by atoms with van der Waals surface area (Å²) >= 11 is 0. The number of rotatable bonds is 4. The Morgan fingerprint density at radius 2 is 2.14 bits per heavy atom. The predicted molar refractivity (Wildman–Crippen MR) is 62.5 cm³/mol. The molecule has 0 saturated carbocycles. The van der Waals surface area contributed by atoms with Crippen molar-refractivity contribution in [2.45, 2.75) is 39.7 Å². The fourth-order valence-electron chi connectivity index (χ4n) is 2.23. The van der Waals surface area contributed by atoms with Crippen molar-refractivity contribution in [2.24, 2.45) is 11.8 Å². The van der Waals surface area contributed by atoms with Gasteiger partial charge in [0.2, 0.25) is 0 Å². The summed E-state index contributed by atoms with van der Waals surface area (Å²) in [7, 11) is 2.27. The van der Waals surface area contributed by atoms with Crippen molar-refractivity contribution in [3.05, 3.63) is 0 Å². The zero-order chi connectivity index (χ0) is 10.6. The molecule has 1 saturated heterocycles. The molecule has 0 amide bonds. The first-order valence-corrected chi connectivity index (χ1v) is 6.04. The minimum atomic E-state index is 0.757. The smallest absolute Gasteiger partial charge is 0.0220 e. The van der Waals surface area contributed by atoms with Crippen molar-refractivity contribution in [3.63, 3.8) is 0 Å². The molecule has 1 heterocycles. The highest BCUT2D eigenvalue weighted by Gasteiger charge is 2.22. The van der Waals surface area contributed by atoms with Crippen molar-refractivity contribution in [2.75, 3.05) is 26.7 Å². The molecule has 0 aromatic rings. The Labute approximate surface area is 89.1 Å². The van der Waals surface area contributed by atoms with Gasteiger partial charge in [-0.15, -0.1) is 0 Å². The summed E-state index contributed by atoms with van der Waals surface area (Å²) in [5, 5.41) is 3.52. The van der Waals surface area contributed by atoms with Gasteiger partial charge in [0.05, 0.1) is 0 Å². The second-order valence-electron chi connectivity index (χ2n) is 5.11. The van der Waals surface area contributed by atoms with E-state index < -0.39 is 0 Å².